The second-order valence-corrected chi connectivity index (χ2v) is 24.2. The average molecular weight is 665 g/mol. The van der Waals surface area contributed by atoms with Crippen molar-refractivity contribution < 1.29 is 18.3 Å². The van der Waals surface area contributed by atoms with Gasteiger partial charge in [-0.2, -0.15) is 9.97 Å². The molecule has 1 aliphatic rings. The summed E-state index contributed by atoms with van der Waals surface area (Å²) in [6, 6.07) is 9.91. The summed E-state index contributed by atoms with van der Waals surface area (Å²) >= 11 is 3.66. The maximum atomic E-state index is 6.96. The van der Waals surface area contributed by atoms with Crippen LogP contribution in [0, 0.1) is 0 Å². The molecule has 3 atom stereocenters. The number of imidazole rings is 1. The first-order valence-electron chi connectivity index (χ1n) is 14.2. The van der Waals surface area contributed by atoms with Crippen LogP contribution in [-0.4, -0.2) is 55.0 Å². The van der Waals surface area contributed by atoms with E-state index in [-0.39, 0.29) is 34.5 Å². The number of hydrogen-bond acceptors (Lipinski definition) is 8. The van der Waals surface area contributed by atoms with Crippen LogP contribution >= 0.6 is 15.9 Å². The Balaban J connectivity index is 1.65. The highest BCUT2D eigenvalue weighted by Gasteiger charge is 2.47. The molecule has 4 rings (SSSR count). The first-order valence-corrected chi connectivity index (χ1v) is 20.9. The molecular weight excluding hydrogens is 618 g/mol. The van der Waals surface area contributed by atoms with Crippen LogP contribution in [0.1, 0.15) is 59.8 Å². The summed E-state index contributed by atoms with van der Waals surface area (Å²) in [5.41, 5.74) is 8.25. The quantitative estimate of drug-likeness (QED) is 0.186. The number of ether oxygens (including phenoxy) is 2. The number of aromatic nitrogens is 4. The zero-order chi connectivity index (χ0) is 30.4. The Kier molecular flexibility index (Phi) is 9.14. The summed E-state index contributed by atoms with van der Waals surface area (Å²) in [6.07, 6.45) is -0.122. The van der Waals surface area contributed by atoms with Crippen LogP contribution in [0.3, 0.4) is 0 Å². The highest BCUT2D eigenvalue weighted by atomic mass is 79.9. The van der Waals surface area contributed by atoms with Crippen molar-refractivity contribution in [2.24, 2.45) is 0 Å². The van der Waals surface area contributed by atoms with Crippen molar-refractivity contribution in [3.05, 3.63) is 40.6 Å². The van der Waals surface area contributed by atoms with Gasteiger partial charge in [-0.05, 0) is 57.8 Å². The van der Waals surface area contributed by atoms with Crippen molar-refractivity contribution in [3.8, 4) is 5.88 Å². The van der Waals surface area contributed by atoms with E-state index in [1.54, 1.807) is 0 Å². The van der Waals surface area contributed by atoms with Crippen LogP contribution in [0.15, 0.2) is 35.1 Å². The van der Waals surface area contributed by atoms with Crippen LogP contribution in [0.25, 0.3) is 11.2 Å². The Morgan fingerprint density at radius 1 is 0.976 bits per heavy atom. The van der Waals surface area contributed by atoms with E-state index in [1.165, 1.54) is 0 Å². The molecule has 1 aliphatic heterocycles. The van der Waals surface area contributed by atoms with Gasteiger partial charge in [-0.15, -0.1) is 0 Å². The summed E-state index contributed by atoms with van der Waals surface area (Å²) in [4.78, 5) is 13.6. The van der Waals surface area contributed by atoms with Crippen LogP contribution in [0.5, 0.6) is 5.88 Å². The van der Waals surface area contributed by atoms with Crippen LogP contribution < -0.4 is 10.5 Å². The molecule has 3 unspecified atom stereocenters. The van der Waals surface area contributed by atoms with Gasteiger partial charge >= 0.3 is 0 Å². The van der Waals surface area contributed by atoms with Crippen LogP contribution in [-0.2, 0) is 20.2 Å². The first kappa shape index (κ1) is 32.1. The van der Waals surface area contributed by atoms with Gasteiger partial charge in [0.15, 0.2) is 32.5 Å². The summed E-state index contributed by atoms with van der Waals surface area (Å²) < 4.78 is 28.9. The molecule has 9 nitrogen and oxygen atoms in total. The number of benzene rings is 1. The van der Waals surface area contributed by atoms with Gasteiger partial charge in [-0.3, -0.25) is 4.57 Å². The summed E-state index contributed by atoms with van der Waals surface area (Å²) in [7, 11) is -4.09. The second-order valence-electron chi connectivity index (χ2n) is 13.9. The standard InChI is InChI=1S/C29H46BrN5O4Si2/c1-28(2,3)40(7,8)37-18-21-20(39-41(9,10)29(4,5)6)16-22(38-21)35-24-23(32-26(35)30)25(34-27(31)33-24)36-17-19-14-12-11-13-15-19/h11-15,20-22H,16-18H2,1-10H3,(H2,31,33,34). The molecule has 2 N–H and O–H groups in total. The van der Waals surface area contributed by atoms with E-state index in [0.29, 0.717) is 41.4 Å². The summed E-state index contributed by atoms with van der Waals surface area (Å²) in [5.74, 6) is 0.444. The van der Waals surface area contributed by atoms with Crippen molar-refractivity contribution in [2.45, 2.75) is 109 Å². The van der Waals surface area contributed by atoms with Gasteiger partial charge in [0.2, 0.25) is 11.8 Å². The van der Waals surface area contributed by atoms with Crippen LogP contribution in [0.4, 0.5) is 5.95 Å². The lowest BCUT2D eigenvalue weighted by Crippen LogP contribution is -2.48. The molecule has 2 aromatic heterocycles. The Labute approximate surface area is 254 Å². The number of nitrogens with zero attached hydrogens (tertiary/aromatic N) is 4. The number of rotatable bonds is 9. The summed E-state index contributed by atoms with van der Waals surface area (Å²) in [6.45, 7) is 23.4. The molecule has 1 fully saturated rings. The number of nitrogen functional groups attached to an aromatic ring is 1. The molecule has 0 spiro atoms. The monoisotopic (exact) mass is 663 g/mol. The molecule has 3 aromatic rings. The third kappa shape index (κ3) is 7.05. The number of hydrogen-bond donors (Lipinski definition) is 1. The molecule has 3 heterocycles. The van der Waals surface area contributed by atoms with E-state index in [0.717, 1.165) is 5.56 Å². The van der Waals surface area contributed by atoms with Crippen molar-refractivity contribution in [3.63, 3.8) is 0 Å². The number of nitrogens with two attached hydrogens (primary N) is 1. The van der Waals surface area contributed by atoms with E-state index in [2.05, 4.69) is 93.6 Å². The van der Waals surface area contributed by atoms with Crippen molar-refractivity contribution in [2.75, 3.05) is 12.3 Å². The summed E-state index contributed by atoms with van der Waals surface area (Å²) in [5, 5.41) is 0.153. The number of fused-ring (bicyclic) bond motifs is 1. The predicted molar refractivity (Wildman–Crippen MR) is 172 cm³/mol. The van der Waals surface area contributed by atoms with Crippen molar-refractivity contribution >= 4 is 49.7 Å². The lowest BCUT2D eigenvalue weighted by Gasteiger charge is -2.40. The first-order chi connectivity index (χ1) is 18.9. The van der Waals surface area contributed by atoms with E-state index in [9.17, 15) is 0 Å². The number of halogens is 1. The molecule has 1 aromatic carbocycles. The normalized spacial score (nSPS) is 20.6. The average Bonchev–Trinajstić information content (AvgIpc) is 3.39. The van der Waals surface area contributed by atoms with Gasteiger partial charge in [0, 0.05) is 6.42 Å². The fourth-order valence-electron chi connectivity index (χ4n) is 4.21. The Hall–Kier alpha value is -1.84. The Morgan fingerprint density at radius 3 is 2.22 bits per heavy atom. The lowest BCUT2D eigenvalue weighted by molar-refractivity contribution is -0.0391. The third-order valence-electron chi connectivity index (χ3n) is 8.84. The van der Waals surface area contributed by atoms with E-state index >= 15 is 0 Å². The maximum absolute atomic E-state index is 6.96. The molecule has 12 heteroatoms. The Morgan fingerprint density at radius 2 is 1.61 bits per heavy atom. The van der Waals surface area contributed by atoms with E-state index in [1.807, 2.05) is 34.9 Å². The minimum absolute atomic E-state index is 0.0604. The second kappa shape index (κ2) is 11.7. The van der Waals surface area contributed by atoms with Gasteiger partial charge in [-0.25, -0.2) is 4.98 Å². The molecular formula is C29H46BrN5O4Si2. The molecule has 0 bridgehead atoms. The lowest BCUT2D eigenvalue weighted by atomic mass is 10.2. The van der Waals surface area contributed by atoms with Gasteiger partial charge in [0.05, 0.1) is 12.7 Å². The minimum Gasteiger partial charge on any atom is -0.471 e. The Bertz CT molecular complexity index is 1360. The van der Waals surface area contributed by atoms with Crippen LogP contribution in [0.2, 0.25) is 36.3 Å². The zero-order valence-corrected chi connectivity index (χ0v) is 29.7. The van der Waals surface area contributed by atoms with Gasteiger partial charge in [0.25, 0.3) is 0 Å². The highest BCUT2D eigenvalue weighted by Crippen LogP contribution is 2.44. The van der Waals surface area contributed by atoms with E-state index in [4.69, 9.17) is 29.0 Å². The maximum Gasteiger partial charge on any atom is 0.247 e. The van der Waals surface area contributed by atoms with Gasteiger partial charge in [0.1, 0.15) is 18.9 Å². The third-order valence-corrected chi connectivity index (χ3v) is 18.4. The molecule has 0 radical (unpaired) electrons. The SMILES string of the molecule is CC(C)(C)[Si](C)(C)OCC1OC(n2c(Br)nc3c(OCc4ccccc4)nc(N)nc32)CC1O[Si](C)(C)C(C)(C)C. The fourth-order valence-corrected chi connectivity index (χ4v) is 7.16. The highest BCUT2D eigenvalue weighted by molar-refractivity contribution is 9.10. The smallest absolute Gasteiger partial charge is 0.247 e. The number of anilines is 1. The molecule has 0 amide bonds. The molecule has 0 aliphatic carbocycles. The molecule has 1 saturated heterocycles. The predicted octanol–water partition coefficient (Wildman–Crippen LogP) is 7.45. The molecule has 0 saturated carbocycles. The largest absolute Gasteiger partial charge is 0.471 e. The van der Waals surface area contributed by atoms with Gasteiger partial charge in [-0.1, -0.05) is 71.9 Å². The molecule has 226 valence electrons. The minimum atomic E-state index is -2.09. The topological polar surface area (TPSA) is 107 Å². The van der Waals surface area contributed by atoms with Crippen molar-refractivity contribution in [1.29, 1.82) is 0 Å². The van der Waals surface area contributed by atoms with Crippen molar-refractivity contribution in [1.82, 2.24) is 19.5 Å². The molecule has 41 heavy (non-hydrogen) atoms. The van der Waals surface area contributed by atoms with Gasteiger partial charge < -0.3 is 24.1 Å². The van der Waals surface area contributed by atoms with E-state index < -0.39 is 16.6 Å². The zero-order valence-electron chi connectivity index (χ0n) is 26.1. The fraction of sp³-hybridized carbons (Fsp3) is 0.621.